The van der Waals surface area contributed by atoms with E-state index in [1.54, 1.807) is 0 Å². The number of sulfonamides is 1. The van der Waals surface area contributed by atoms with E-state index in [4.69, 9.17) is 23.2 Å². The molecule has 0 heterocycles. The minimum Gasteiger partial charge on any atom is -0.352 e. The third-order valence-electron chi connectivity index (χ3n) is 7.36. The van der Waals surface area contributed by atoms with Crippen molar-refractivity contribution in [2.45, 2.75) is 57.2 Å². The van der Waals surface area contributed by atoms with Crippen LogP contribution in [0.2, 0.25) is 10.0 Å². The predicted octanol–water partition coefficient (Wildman–Crippen LogP) is 6.61. The van der Waals surface area contributed by atoms with Crippen LogP contribution in [0.5, 0.6) is 0 Å². The van der Waals surface area contributed by atoms with Gasteiger partial charge in [0.25, 0.3) is 0 Å². The highest BCUT2D eigenvalue weighted by Gasteiger charge is 2.34. The molecule has 4 rings (SSSR count). The highest BCUT2D eigenvalue weighted by Crippen LogP contribution is 2.29. The molecule has 3 aromatic carbocycles. The number of amides is 2. The molecule has 1 aliphatic carbocycles. The largest absolute Gasteiger partial charge is 0.352 e. The molecule has 42 heavy (non-hydrogen) atoms. The fourth-order valence-electron chi connectivity index (χ4n) is 5.14. The van der Waals surface area contributed by atoms with Crippen LogP contribution >= 0.6 is 39.1 Å². The summed E-state index contributed by atoms with van der Waals surface area (Å²) in [7, 11) is -3.90. The van der Waals surface area contributed by atoms with Gasteiger partial charge in [0.05, 0.1) is 22.0 Å². The number of anilines is 1. The molecule has 7 nitrogen and oxygen atoms in total. The number of hydrogen-bond donors (Lipinski definition) is 1. The van der Waals surface area contributed by atoms with Crippen LogP contribution in [-0.4, -0.2) is 50.0 Å². The highest BCUT2D eigenvalue weighted by molar-refractivity contribution is 9.10. The number of carbonyl (C=O) groups excluding carboxylic acids is 2. The van der Waals surface area contributed by atoms with Crippen LogP contribution < -0.4 is 9.62 Å². The molecule has 1 aliphatic rings. The summed E-state index contributed by atoms with van der Waals surface area (Å²) in [6, 6.07) is 20.5. The van der Waals surface area contributed by atoms with E-state index < -0.39 is 28.5 Å². The van der Waals surface area contributed by atoms with Gasteiger partial charge in [-0.05, 0) is 54.3 Å². The van der Waals surface area contributed by atoms with E-state index in [0.29, 0.717) is 0 Å². The van der Waals surface area contributed by atoms with Crippen molar-refractivity contribution in [3.8, 4) is 0 Å². The molecule has 1 N–H and O–H groups in total. The molecule has 0 radical (unpaired) electrons. The first-order valence-electron chi connectivity index (χ1n) is 13.8. The van der Waals surface area contributed by atoms with Gasteiger partial charge < -0.3 is 10.2 Å². The van der Waals surface area contributed by atoms with Crippen LogP contribution in [0.25, 0.3) is 0 Å². The van der Waals surface area contributed by atoms with Crippen LogP contribution in [0.1, 0.15) is 43.2 Å². The van der Waals surface area contributed by atoms with Gasteiger partial charge in [0.2, 0.25) is 21.8 Å². The zero-order valence-electron chi connectivity index (χ0n) is 23.3. The van der Waals surface area contributed by atoms with Crippen LogP contribution in [0.4, 0.5) is 5.69 Å². The Morgan fingerprint density at radius 2 is 1.60 bits per heavy atom. The van der Waals surface area contributed by atoms with Crippen LogP contribution in [0.15, 0.2) is 77.3 Å². The summed E-state index contributed by atoms with van der Waals surface area (Å²) in [6.45, 7) is -0.407. The Balaban J connectivity index is 1.72. The monoisotopic (exact) mass is 693 g/mol. The summed E-state index contributed by atoms with van der Waals surface area (Å²) in [5.41, 5.74) is 1.89. The summed E-state index contributed by atoms with van der Waals surface area (Å²) < 4.78 is 27.7. The molecule has 0 spiro atoms. The zero-order chi connectivity index (χ0) is 30.3. The summed E-state index contributed by atoms with van der Waals surface area (Å²) in [6.07, 6.45) is 6.31. The van der Waals surface area contributed by atoms with Gasteiger partial charge in [-0.25, -0.2) is 8.42 Å². The first-order valence-corrected chi connectivity index (χ1v) is 17.2. The number of nitrogens with one attached hydrogen (secondary N) is 1. The van der Waals surface area contributed by atoms with Crippen molar-refractivity contribution >= 4 is 66.7 Å². The van der Waals surface area contributed by atoms with E-state index in [0.717, 1.165) is 58.3 Å². The Morgan fingerprint density at radius 1 is 0.929 bits per heavy atom. The van der Waals surface area contributed by atoms with Crippen molar-refractivity contribution in [3.63, 3.8) is 0 Å². The Morgan fingerprint density at radius 3 is 2.21 bits per heavy atom. The smallest absolute Gasteiger partial charge is 0.244 e. The first-order chi connectivity index (χ1) is 20.0. The van der Waals surface area contributed by atoms with E-state index in [9.17, 15) is 18.0 Å². The lowest BCUT2D eigenvalue weighted by Gasteiger charge is -2.35. The zero-order valence-corrected chi connectivity index (χ0v) is 27.2. The highest BCUT2D eigenvalue weighted by atomic mass is 79.9. The fourth-order valence-corrected chi connectivity index (χ4v) is 6.54. The maximum absolute atomic E-state index is 14.2. The molecule has 0 bridgehead atoms. The molecule has 1 saturated carbocycles. The maximum atomic E-state index is 14.2. The van der Waals surface area contributed by atoms with Crippen LogP contribution in [-0.2, 0) is 32.6 Å². The van der Waals surface area contributed by atoms with Crippen LogP contribution in [0, 0.1) is 0 Å². The summed E-state index contributed by atoms with van der Waals surface area (Å²) in [4.78, 5) is 29.7. The summed E-state index contributed by atoms with van der Waals surface area (Å²) in [5.74, 6) is -0.772. The second-order valence-corrected chi connectivity index (χ2v) is 14.2. The third-order valence-corrected chi connectivity index (χ3v) is 9.77. The topological polar surface area (TPSA) is 86.8 Å². The van der Waals surface area contributed by atoms with Crippen LogP contribution in [0.3, 0.4) is 0 Å². The van der Waals surface area contributed by atoms with Gasteiger partial charge in [-0.3, -0.25) is 13.9 Å². The number of nitrogens with zero attached hydrogens (tertiary/aromatic N) is 2. The molecule has 0 unspecified atom stereocenters. The van der Waals surface area contributed by atoms with Gasteiger partial charge >= 0.3 is 0 Å². The van der Waals surface area contributed by atoms with Gasteiger partial charge in [0.15, 0.2) is 0 Å². The lowest BCUT2D eigenvalue weighted by atomic mass is 9.94. The van der Waals surface area contributed by atoms with Gasteiger partial charge in [-0.2, -0.15) is 0 Å². The molecule has 3 aromatic rings. The van der Waals surface area contributed by atoms with Gasteiger partial charge in [-0.15, -0.1) is 0 Å². The van der Waals surface area contributed by atoms with E-state index in [-0.39, 0.29) is 40.6 Å². The fraction of sp³-hybridized carbons (Fsp3) is 0.355. The number of carbonyl (C=O) groups is 2. The van der Waals surface area contributed by atoms with Crippen molar-refractivity contribution in [1.29, 1.82) is 0 Å². The second-order valence-electron chi connectivity index (χ2n) is 10.6. The second kappa shape index (κ2) is 14.7. The standard InChI is InChI=1S/C31H34BrCl2N3O4S/c1-42(40,41)37(26-16-17-27(33)28(34)19-26)21-30(38)36(20-23-12-14-24(32)15-13-23)29(18-22-8-4-2-5-9-22)31(39)35-25-10-6-3-7-11-25/h2,4-5,8-9,12-17,19,25,29H,3,6-7,10-11,18,20-21H2,1H3,(H,35,39)/t29-/m1/s1. The summed E-state index contributed by atoms with van der Waals surface area (Å²) in [5, 5.41) is 3.62. The average Bonchev–Trinajstić information content (AvgIpc) is 2.96. The van der Waals surface area contributed by atoms with E-state index in [1.807, 2.05) is 54.6 Å². The first kappa shape index (κ1) is 32.3. The normalized spacial score (nSPS) is 14.7. The van der Waals surface area contributed by atoms with Crippen molar-refractivity contribution in [1.82, 2.24) is 10.2 Å². The number of benzene rings is 3. The molecule has 0 aromatic heterocycles. The Kier molecular flexibility index (Phi) is 11.3. The SMILES string of the molecule is CS(=O)(=O)N(CC(=O)N(Cc1ccc(Br)cc1)[C@H](Cc1ccccc1)C(=O)NC1CCCCC1)c1ccc(Cl)c(Cl)c1. The molecule has 1 atom stereocenters. The Hall–Kier alpha value is -2.59. The molecular formula is C31H34BrCl2N3O4S. The van der Waals surface area contributed by atoms with Gasteiger partial charge in [0, 0.05) is 23.5 Å². The maximum Gasteiger partial charge on any atom is 0.244 e. The van der Waals surface area contributed by atoms with Crippen molar-refractivity contribution in [2.24, 2.45) is 0 Å². The predicted molar refractivity (Wildman–Crippen MR) is 172 cm³/mol. The number of rotatable bonds is 11. The van der Waals surface area contributed by atoms with E-state index in [1.165, 1.54) is 23.1 Å². The molecule has 1 fully saturated rings. The molecule has 2 amide bonds. The van der Waals surface area contributed by atoms with E-state index >= 15 is 0 Å². The van der Waals surface area contributed by atoms with Crippen molar-refractivity contribution in [2.75, 3.05) is 17.1 Å². The van der Waals surface area contributed by atoms with Gasteiger partial charge in [-0.1, -0.05) is 101 Å². The Bertz CT molecular complexity index is 1480. The lowest BCUT2D eigenvalue weighted by molar-refractivity contribution is -0.140. The minimum atomic E-state index is -3.90. The summed E-state index contributed by atoms with van der Waals surface area (Å²) >= 11 is 15.7. The number of hydrogen-bond acceptors (Lipinski definition) is 4. The van der Waals surface area contributed by atoms with Crippen molar-refractivity contribution in [3.05, 3.63) is 98.4 Å². The third kappa shape index (κ3) is 8.96. The Labute approximate surface area is 266 Å². The molecule has 0 saturated heterocycles. The minimum absolute atomic E-state index is 0.0397. The number of halogens is 3. The van der Waals surface area contributed by atoms with E-state index in [2.05, 4.69) is 21.2 Å². The molecule has 11 heteroatoms. The average molecular weight is 696 g/mol. The molecule has 224 valence electrons. The molecular weight excluding hydrogens is 661 g/mol. The quantitative estimate of drug-likeness (QED) is 0.245. The van der Waals surface area contributed by atoms with Gasteiger partial charge in [0.1, 0.15) is 12.6 Å². The lowest BCUT2D eigenvalue weighted by Crippen LogP contribution is -2.55. The van der Waals surface area contributed by atoms with Crippen molar-refractivity contribution < 1.29 is 18.0 Å². The molecule has 0 aliphatic heterocycles.